The van der Waals surface area contributed by atoms with Gasteiger partial charge in [0.25, 0.3) is 0 Å². The first-order valence-electron chi connectivity index (χ1n) is 10.9. The number of ether oxygens (including phenoxy) is 3. The zero-order valence-electron chi connectivity index (χ0n) is 21.0. The highest BCUT2D eigenvalue weighted by atomic mass is 16.7. The van der Waals surface area contributed by atoms with Gasteiger partial charge in [0.15, 0.2) is 0 Å². The molecule has 0 aliphatic rings. The first-order chi connectivity index (χ1) is 15.5. The third kappa shape index (κ3) is 15.8. The van der Waals surface area contributed by atoms with Gasteiger partial charge in [0.2, 0.25) is 6.29 Å². The van der Waals surface area contributed by atoms with Crippen LogP contribution >= 0.6 is 0 Å². The lowest BCUT2D eigenvalue weighted by Crippen LogP contribution is -2.10. The number of methoxy groups -OCH3 is 1. The van der Waals surface area contributed by atoms with Crippen molar-refractivity contribution in [2.75, 3.05) is 7.11 Å². The summed E-state index contributed by atoms with van der Waals surface area (Å²) in [6.07, 6.45) is 0.830. The summed E-state index contributed by atoms with van der Waals surface area (Å²) in [5.41, 5.74) is 2.32. The maximum Gasteiger partial charge on any atom is 0.305 e. The molecule has 0 aliphatic heterocycles. The molecule has 0 bridgehead atoms. The molecule has 0 heterocycles. The Bertz CT molecular complexity index is 693. The van der Waals surface area contributed by atoms with Gasteiger partial charge in [-0.1, -0.05) is 65.8 Å². The Balaban J connectivity index is -0.000000822. The lowest BCUT2D eigenvalue weighted by Gasteiger charge is -2.15. The minimum Gasteiger partial charge on any atom is -0.489 e. The van der Waals surface area contributed by atoms with Crippen LogP contribution in [0.15, 0.2) is 48.5 Å². The molecule has 1 atom stereocenters. The predicted molar refractivity (Wildman–Crippen MR) is 130 cm³/mol. The standard InChI is InChI=1S/C18H18O5.C2H4O.3C2H6/c1-13(20)23-18(21-2)16-7-3-15(4-8-16)12-22-17-9-5-14(11-19)6-10-17;1-2-3;3*1-2/h3-11,18H,12H2,1-2H3;2H,1H3;3*1-2H3. The molecule has 0 saturated carbocycles. The third-order valence-electron chi connectivity index (χ3n) is 3.16. The van der Waals surface area contributed by atoms with E-state index in [0.29, 0.717) is 17.9 Å². The van der Waals surface area contributed by atoms with E-state index in [2.05, 4.69) is 0 Å². The first-order valence-corrected chi connectivity index (χ1v) is 10.9. The molecule has 0 saturated heterocycles. The molecule has 0 fully saturated rings. The zero-order chi connectivity index (χ0) is 25.4. The molecule has 6 nitrogen and oxygen atoms in total. The second-order valence-corrected chi connectivity index (χ2v) is 5.13. The Hall–Kier alpha value is -2.99. The Morgan fingerprint density at radius 3 is 1.72 bits per heavy atom. The summed E-state index contributed by atoms with van der Waals surface area (Å²) in [6, 6.07) is 14.3. The number of esters is 1. The normalized spacial score (nSPS) is 9.28. The summed E-state index contributed by atoms with van der Waals surface area (Å²) in [6.45, 7) is 15.2. The summed E-state index contributed by atoms with van der Waals surface area (Å²) < 4.78 is 15.8. The Labute approximate surface area is 193 Å². The largest absolute Gasteiger partial charge is 0.489 e. The summed E-state index contributed by atoms with van der Waals surface area (Å²) in [5.74, 6) is 0.289. The van der Waals surface area contributed by atoms with Gasteiger partial charge in [-0.05, 0) is 36.8 Å². The van der Waals surface area contributed by atoms with Crippen molar-refractivity contribution < 1.29 is 28.6 Å². The highest BCUT2D eigenvalue weighted by molar-refractivity contribution is 5.74. The van der Waals surface area contributed by atoms with E-state index in [0.717, 1.165) is 23.7 Å². The summed E-state index contributed by atoms with van der Waals surface area (Å²) >= 11 is 0. The molecular formula is C26H40O6. The molecule has 0 radical (unpaired) electrons. The Morgan fingerprint density at radius 1 is 0.875 bits per heavy atom. The fourth-order valence-electron chi connectivity index (χ4n) is 1.98. The maximum atomic E-state index is 11.0. The van der Waals surface area contributed by atoms with Crippen LogP contribution in [0.5, 0.6) is 5.75 Å². The van der Waals surface area contributed by atoms with E-state index in [1.807, 2.05) is 65.8 Å². The van der Waals surface area contributed by atoms with Crippen LogP contribution < -0.4 is 4.74 Å². The number of carbonyl (C=O) groups excluding carboxylic acids is 3. The van der Waals surface area contributed by atoms with Gasteiger partial charge < -0.3 is 19.0 Å². The van der Waals surface area contributed by atoms with E-state index in [1.165, 1.54) is 21.0 Å². The maximum absolute atomic E-state index is 11.0. The van der Waals surface area contributed by atoms with E-state index in [-0.39, 0.29) is 0 Å². The van der Waals surface area contributed by atoms with Gasteiger partial charge in [-0.3, -0.25) is 9.59 Å². The summed E-state index contributed by atoms with van der Waals surface area (Å²) in [4.78, 5) is 30.4. The molecule has 0 spiro atoms. The zero-order valence-corrected chi connectivity index (χ0v) is 21.0. The fraction of sp³-hybridized carbons (Fsp3) is 0.423. The van der Waals surface area contributed by atoms with Gasteiger partial charge in [-0.15, -0.1) is 0 Å². The number of hydrogen-bond donors (Lipinski definition) is 0. The number of benzene rings is 2. The topological polar surface area (TPSA) is 78.9 Å². The molecular weight excluding hydrogens is 408 g/mol. The summed E-state index contributed by atoms with van der Waals surface area (Å²) in [5, 5.41) is 0. The number of rotatable bonds is 7. The number of aldehydes is 2. The van der Waals surface area contributed by atoms with E-state index >= 15 is 0 Å². The van der Waals surface area contributed by atoms with Crippen LogP contribution in [0, 0.1) is 0 Å². The van der Waals surface area contributed by atoms with E-state index < -0.39 is 12.3 Å². The number of carbonyl (C=O) groups is 3. The molecule has 0 aromatic heterocycles. The van der Waals surface area contributed by atoms with Gasteiger partial charge in [0, 0.05) is 25.2 Å². The second kappa shape index (κ2) is 24.3. The van der Waals surface area contributed by atoms with Gasteiger partial charge in [0.1, 0.15) is 24.9 Å². The van der Waals surface area contributed by atoms with E-state index in [1.54, 1.807) is 24.3 Å². The highest BCUT2D eigenvalue weighted by Gasteiger charge is 2.13. The van der Waals surface area contributed by atoms with Crippen molar-refractivity contribution in [1.29, 1.82) is 0 Å². The van der Waals surface area contributed by atoms with Crippen LogP contribution in [0.2, 0.25) is 0 Å². The molecule has 2 aromatic carbocycles. The predicted octanol–water partition coefficient (Wildman–Crippen LogP) is 6.57. The van der Waals surface area contributed by atoms with Crippen LogP contribution in [-0.2, 0) is 25.7 Å². The average Bonchev–Trinajstić information content (AvgIpc) is 2.86. The Kier molecular flexibility index (Phi) is 25.5. The van der Waals surface area contributed by atoms with Crippen LogP contribution in [0.25, 0.3) is 0 Å². The minimum atomic E-state index is -0.710. The van der Waals surface area contributed by atoms with Gasteiger partial charge >= 0.3 is 5.97 Å². The lowest BCUT2D eigenvalue weighted by molar-refractivity contribution is -0.172. The van der Waals surface area contributed by atoms with E-state index in [4.69, 9.17) is 19.0 Å². The van der Waals surface area contributed by atoms with Crippen molar-refractivity contribution in [2.45, 2.75) is 68.3 Å². The SMILES string of the molecule is CC.CC.CC.CC=O.COC(OC(C)=O)c1ccc(COc2ccc(C=O)cc2)cc1. The fourth-order valence-corrected chi connectivity index (χ4v) is 1.98. The van der Waals surface area contributed by atoms with Gasteiger partial charge in [-0.25, -0.2) is 0 Å². The van der Waals surface area contributed by atoms with Gasteiger partial charge in [0.05, 0.1) is 0 Å². The molecule has 2 aromatic rings. The second-order valence-electron chi connectivity index (χ2n) is 5.13. The molecule has 2 rings (SSSR count). The van der Waals surface area contributed by atoms with Gasteiger partial charge in [-0.2, -0.15) is 0 Å². The van der Waals surface area contributed by atoms with Crippen LogP contribution in [-0.4, -0.2) is 25.7 Å². The van der Waals surface area contributed by atoms with Crippen molar-refractivity contribution >= 4 is 18.5 Å². The van der Waals surface area contributed by atoms with Crippen LogP contribution in [0.1, 0.15) is 83.2 Å². The van der Waals surface area contributed by atoms with Crippen molar-refractivity contribution in [3.05, 3.63) is 65.2 Å². The average molecular weight is 449 g/mol. The van der Waals surface area contributed by atoms with Crippen molar-refractivity contribution in [2.24, 2.45) is 0 Å². The molecule has 1 unspecified atom stereocenters. The van der Waals surface area contributed by atoms with Crippen molar-refractivity contribution in [3.63, 3.8) is 0 Å². The molecule has 32 heavy (non-hydrogen) atoms. The minimum absolute atomic E-state index is 0.395. The van der Waals surface area contributed by atoms with Crippen molar-refractivity contribution in [3.8, 4) is 5.75 Å². The molecule has 6 heteroatoms. The molecule has 0 aliphatic carbocycles. The lowest BCUT2D eigenvalue weighted by atomic mass is 10.1. The van der Waals surface area contributed by atoms with Crippen molar-refractivity contribution in [1.82, 2.24) is 0 Å². The summed E-state index contributed by atoms with van der Waals surface area (Å²) in [7, 11) is 1.48. The quantitative estimate of drug-likeness (QED) is 0.271. The van der Waals surface area contributed by atoms with Crippen LogP contribution in [0.4, 0.5) is 0 Å². The molecule has 0 amide bonds. The Morgan fingerprint density at radius 2 is 1.34 bits per heavy atom. The smallest absolute Gasteiger partial charge is 0.305 e. The molecule has 180 valence electrons. The van der Waals surface area contributed by atoms with E-state index in [9.17, 15) is 9.59 Å². The highest BCUT2D eigenvalue weighted by Crippen LogP contribution is 2.20. The number of hydrogen-bond acceptors (Lipinski definition) is 6. The first kappa shape index (κ1) is 33.6. The molecule has 0 N–H and O–H groups in total. The monoisotopic (exact) mass is 448 g/mol. The van der Waals surface area contributed by atoms with Crippen LogP contribution in [0.3, 0.4) is 0 Å². The third-order valence-corrected chi connectivity index (χ3v) is 3.16.